The Bertz CT molecular complexity index is 630. The molecule has 8 heteroatoms. The van der Waals surface area contributed by atoms with Crippen LogP contribution in [0, 0.1) is 0 Å². The number of aromatic nitrogens is 1. The van der Waals surface area contributed by atoms with E-state index in [2.05, 4.69) is 4.98 Å². The molecule has 0 bridgehead atoms. The number of halogens is 5. The number of rotatable bonds is 2. The maximum absolute atomic E-state index is 12.4. The highest BCUT2D eigenvalue weighted by atomic mass is 35.5. The van der Waals surface area contributed by atoms with E-state index in [1.165, 1.54) is 6.07 Å². The molecular weight excluding hydrogens is 316 g/mol. The highest BCUT2D eigenvalue weighted by Gasteiger charge is 2.30. The number of nitrogens with zero attached hydrogens (tertiary/aromatic N) is 1. The summed E-state index contributed by atoms with van der Waals surface area (Å²) >= 11 is 11.6. The number of hydrogen-bond donors (Lipinski definition) is 1. The molecule has 106 valence electrons. The van der Waals surface area contributed by atoms with Gasteiger partial charge in [-0.25, -0.2) is 0 Å². The molecule has 0 atom stereocenters. The minimum Gasteiger partial charge on any atom is -0.437 e. The van der Waals surface area contributed by atoms with Gasteiger partial charge < -0.3 is 10.5 Å². The Morgan fingerprint density at radius 3 is 2.20 bits per heavy atom. The van der Waals surface area contributed by atoms with Crippen molar-refractivity contribution >= 4 is 29.0 Å². The third-order valence-electron chi connectivity index (χ3n) is 2.32. The quantitative estimate of drug-likeness (QED) is 0.865. The number of benzene rings is 1. The van der Waals surface area contributed by atoms with Gasteiger partial charge in [0.05, 0.1) is 10.6 Å². The monoisotopic (exact) mass is 322 g/mol. The fraction of sp³-hybridized carbons (Fsp3) is 0.0833. The van der Waals surface area contributed by atoms with Crippen LogP contribution in [0.15, 0.2) is 30.3 Å². The maximum atomic E-state index is 12.4. The van der Waals surface area contributed by atoms with Crippen LogP contribution >= 0.6 is 23.2 Å². The van der Waals surface area contributed by atoms with Crippen LogP contribution in [0.4, 0.5) is 19.0 Å². The van der Waals surface area contributed by atoms with Gasteiger partial charge in [-0.1, -0.05) is 23.2 Å². The second-order valence-corrected chi connectivity index (χ2v) is 4.58. The lowest BCUT2D eigenvalue weighted by molar-refractivity contribution is -0.137. The van der Waals surface area contributed by atoms with E-state index >= 15 is 0 Å². The summed E-state index contributed by atoms with van der Waals surface area (Å²) in [4.78, 5) is 3.81. The van der Waals surface area contributed by atoms with Gasteiger partial charge >= 0.3 is 6.18 Å². The third-order valence-corrected chi connectivity index (χ3v) is 2.89. The first-order chi connectivity index (χ1) is 9.27. The van der Waals surface area contributed by atoms with Gasteiger partial charge in [-0.3, -0.25) is 0 Å². The van der Waals surface area contributed by atoms with Crippen molar-refractivity contribution < 1.29 is 17.9 Å². The Morgan fingerprint density at radius 2 is 1.65 bits per heavy atom. The first kappa shape index (κ1) is 14.7. The normalized spacial score (nSPS) is 11.4. The molecule has 2 rings (SSSR count). The molecule has 0 amide bonds. The number of anilines is 1. The van der Waals surface area contributed by atoms with Crippen LogP contribution in [0.1, 0.15) is 5.56 Å². The SMILES string of the molecule is Nc1nc(Oc2ccc(C(F)(F)F)cc2)c(Cl)cc1Cl. The van der Waals surface area contributed by atoms with Gasteiger partial charge in [0.2, 0.25) is 5.88 Å². The number of pyridine rings is 1. The summed E-state index contributed by atoms with van der Waals surface area (Å²) in [6.45, 7) is 0. The van der Waals surface area contributed by atoms with Crippen LogP contribution < -0.4 is 10.5 Å². The molecule has 1 heterocycles. The summed E-state index contributed by atoms with van der Waals surface area (Å²) in [7, 11) is 0. The first-order valence-corrected chi connectivity index (χ1v) is 5.99. The fourth-order valence-corrected chi connectivity index (χ4v) is 1.76. The van der Waals surface area contributed by atoms with Crippen LogP contribution in [0.5, 0.6) is 11.6 Å². The second-order valence-electron chi connectivity index (χ2n) is 3.77. The van der Waals surface area contributed by atoms with E-state index in [9.17, 15) is 13.2 Å². The molecule has 2 aromatic rings. The molecule has 1 aromatic heterocycles. The molecule has 0 radical (unpaired) electrons. The molecule has 1 aromatic carbocycles. The Morgan fingerprint density at radius 1 is 1.05 bits per heavy atom. The van der Waals surface area contributed by atoms with E-state index in [0.717, 1.165) is 24.3 Å². The molecule has 20 heavy (non-hydrogen) atoms. The molecule has 2 N–H and O–H groups in total. The van der Waals surface area contributed by atoms with Crippen LogP contribution in [-0.4, -0.2) is 4.98 Å². The molecule has 0 fully saturated rings. The van der Waals surface area contributed by atoms with Crippen molar-refractivity contribution in [2.24, 2.45) is 0 Å². The number of alkyl halides is 3. The summed E-state index contributed by atoms with van der Waals surface area (Å²) in [6.07, 6.45) is -4.40. The molecule has 0 aliphatic rings. The summed E-state index contributed by atoms with van der Waals surface area (Å²) in [5, 5.41) is 0.263. The smallest absolute Gasteiger partial charge is 0.416 e. The zero-order valence-corrected chi connectivity index (χ0v) is 11.2. The van der Waals surface area contributed by atoms with Crippen molar-refractivity contribution in [3.05, 3.63) is 45.9 Å². The van der Waals surface area contributed by atoms with Crippen LogP contribution in [0.25, 0.3) is 0 Å². The number of ether oxygens (including phenoxy) is 1. The predicted octanol–water partition coefficient (Wildman–Crippen LogP) is 4.78. The van der Waals surface area contributed by atoms with Gasteiger partial charge in [-0.2, -0.15) is 18.2 Å². The average molecular weight is 323 g/mol. The lowest BCUT2D eigenvalue weighted by atomic mass is 10.2. The minimum atomic E-state index is -4.40. The summed E-state index contributed by atoms with van der Waals surface area (Å²) in [5.74, 6) is 0.125. The van der Waals surface area contributed by atoms with Gasteiger partial charge in [0.1, 0.15) is 16.6 Å². The predicted molar refractivity (Wildman–Crippen MR) is 70.2 cm³/mol. The van der Waals surface area contributed by atoms with E-state index in [1.54, 1.807) is 0 Å². The summed E-state index contributed by atoms with van der Waals surface area (Å²) < 4.78 is 42.5. The van der Waals surface area contributed by atoms with Crippen molar-refractivity contribution in [3.63, 3.8) is 0 Å². The summed E-state index contributed by atoms with van der Waals surface area (Å²) in [6, 6.07) is 5.44. The van der Waals surface area contributed by atoms with Crippen molar-refractivity contribution in [1.29, 1.82) is 0 Å². The van der Waals surface area contributed by atoms with Gasteiger partial charge in [0.25, 0.3) is 0 Å². The zero-order chi connectivity index (χ0) is 14.9. The van der Waals surface area contributed by atoms with Crippen molar-refractivity contribution in [1.82, 2.24) is 4.98 Å². The molecule has 3 nitrogen and oxygen atoms in total. The van der Waals surface area contributed by atoms with Gasteiger partial charge in [0.15, 0.2) is 0 Å². The van der Waals surface area contributed by atoms with Gasteiger partial charge in [-0.05, 0) is 30.3 Å². The lowest BCUT2D eigenvalue weighted by Crippen LogP contribution is -2.04. The van der Waals surface area contributed by atoms with E-state index < -0.39 is 11.7 Å². The molecule has 0 unspecified atom stereocenters. The lowest BCUT2D eigenvalue weighted by Gasteiger charge is -2.10. The average Bonchev–Trinajstić information content (AvgIpc) is 2.35. The topological polar surface area (TPSA) is 48.1 Å². The van der Waals surface area contributed by atoms with Crippen molar-refractivity contribution in [2.75, 3.05) is 5.73 Å². The van der Waals surface area contributed by atoms with Crippen molar-refractivity contribution in [2.45, 2.75) is 6.18 Å². The molecule has 0 aliphatic heterocycles. The maximum Gasteiger partial charge on any atom is 0.416 e. The van der Waals surface area contributed by atoms with Gasteiger partial charge in [-0.15, -0.1) is 0 Å². The highest BCUT2D eigenvalue weighted by Crippen LogP contribution is 2.34. The Balaban J connectivity index is 2.25. The number of nitrogen functional groups attached to an aromatic ring is 1. The van der Waals surface area contributed by atoms with Crippen molar-refractivity contribution in [3.8, 4) is 11.6 Å². The zero-order valence-electron chi connectivity index (χ0n) is 9.71. The summed E-state index contributed by atoms with van der Waals surface area (Å²) in [5.41, 5.74) is 4.72. The van der Waals surface area contributed by atoms with E-state index in [-0.39, 0.29) is 27.5 Å². The number of hydrogen-bond acceptors (Lipinski definition) is 3. The Hall–Kier alpha value is -1.66. The molecular formula is C12H7Cl2F3N2O. The molecule has 0 spiro atoms. The largest absolute Gasteiger partial charge is 0.437 e. The van der Waals surface area contributed by atoms with E-state index in [0.29, 0.717) is 0 Å². The molecule has 0 saturated heterocycles. The third kappa shape index (κ3) is 3.26. The highest BCUT2D eigenvalue weighted by molar-refractivity contribution is 6.36. The second kappa shape index (κ2) is 5.38. The standard InChI is InChI=1S/C12H7Cl2F3N2O/c13-8-5-9(14)11(19-10(8)18)20-7-3-1-6(2-4-7)12(15,16)17/h1-5H,(H2,18,19). The van der Waals surface area contributed by atoms with Gasteiger partial charge in [0, 0.05) is 0 Å². The number of nitrogens with two attached hydrogens (primary N) is 1. The van der Waals surface area contributed by atoms with Crippen LogP contribution in [0.2, 0.25) is 10.0 Å². The first-order valence-electron chi connectivity index (χ1n) is 5.24. The van der Waals surface area contributed by atoms with E-state index in [4.69, 9.17) is 33.7 Å². The molecule has 0 saturated carbocycles. The molecule has 0 aliphatic carbocycles. The Labute approximate surface area is 122 Å². The van der Waals surface area contributed by atoms with Crippen LogP contribution in [0.3, 0.4) is 0 Å². The fourth-order valence-electron chi connectivity index (χ4n) is 1.36. The minimum absolute atomic E-state index is 0.0120. The van der Waals surface area contributed by atoms with E-state index in [1.807, 2.05) is 0 Å². The van der Waals surface area contributed by atoms with Crippen LogP contribution in [-0.2, 0) is 6.18 Å². The Kier molecular flexibility index (Phi) is 3.96.